The second-order valence-electron chi connectivity index (χ2n) is 4.65. The summed E-state index contributed by atoms with van der Waals surface area (Å²) >= 11 is 0. The van der Waals surface area contributed by atoms with Crippen LogP contribution in [-0.4, -0.2) is 22.9 Å². The van der Waals surface area contributed by atoms with E-state index in [0.717, 1.165) is 17.8 Å². The van der Waals surface area contributed by atoms with Crippen LogP contribution in [0.5, 0.6) is 0 Å². The Labute approximate surface area is 118 Å². The van der Waals surface area contributed by atoms with Crippen molar-refractivity contribution in [1.29, 1.82) is 0 Å². The quantitative estimate of drug-likeness (QED) is 0.688. The van der Waals surface area contributed by atoms with Crippen molar-refractivity contribution in [3.8, 4) is 5.69 Å². The molecule has 0 spiro atoms. The van der Waals surface area contributed by atoms with Crippen molar-refractivity contribution in [1.82, 2.24) is 9.78 Å². The molecular weight excluding hydrogens is 254 g/mol. The molecule has 0 unspecified atom stereocenters. The maximum Gasteiger partial charge on any atom is 0.340 e. The molecule has 2 aromatic rings. The van der Waals surface area contributed by atoms with Gasteiger partial charge in [0.2, 0.25) is 0 Å². The number of esters is 1. The molecule has 1 aromatic heterocycles. The molecule has 2 rings (SSSR count). The highest BCUT2D eigenvalue weighted by Gasteiger charge is 2.20. The lowest BCUT2D eigenvalue weighted by atomic mass is 10.1. The lowest BCUT2D eigenvalue weighted by Crippen LogP contribution is -2.12. The number of ether oxygens (including phenoxy) is 1. The number of aryl methyl sites for hydroxylation is 1. The summed E-state index contributed by atoms with van der Waals surface area (Å²) in [6, 6.07) is 5.18. The Hall–Kier alpha value is -2.30. The number of aromatic nitrogens is 2. The van der Waals surface area contributed by atoms with Gasteiger partial charge in [-0.05, 0) is 38.0 Å². The zero-order valence-electron chi connectivity index (χ0n) is 12.2. The van der Waals surface area contributed by atoms with Crippen LogP contribution >= 0.6 is 0 Å². The van der Waals surface area contributed by atoms with E-state index in [9.17, 15) is 4.79 Å². The minimum Gasteiger partial charge on any atom is -0.465 e. The van der Waals surface area contributed by atoms with Crippen LogP contribution in [0.3, 0.4) is 0 Å². The molecule has 5 heteroatoms. The molecule has 5 nitrogen and oxygen atoms in total. The van der Waals surface area contributed by atoms with Crippen LogP contribution in [0.25, 0.3) is 5.69 Å². The zero-order valence-corrected chi connectivity index (χ0v) is 12.2. The number of para-hydroxylation sites is 1. The molecule has 0 amide bonds. The van der Waals surface area contributed by atoms with E-state index < -0.39 is 5.97 Å². The normalized spacial score (nSPS) is 10.6. The first-order chi connectivity index (χ1) is 9.51. The van der Waals surface area contributed by atoms with Gasteiger partial charge in [0.15, 0.2) is 0 Å². The summed E-state index contributed by atoms with van der Waals surface area (Å²) in [6.45, 7) is 6.02. The summed E-state index contributed by atoms with van der Waals surface area (Å²) in [5, 5.41) is 4.52. The van der Waals surface area contributed by atoms with E-state index in [2.05, 4.69) is 12.0 Å². The van der Waals surface area contributed by atoms with E-state index in [0.29, 0.717) is 16.9 Å². The molecule has 0 aliphatic heterocycles. The number of anilines is 1. The van der Waals surface area contributed by atoms with Gasteiger partial charge in [-0.3, -0.25) is 0 Å². The highest BCUT2D eigenvalue weighted by Crippen LogP contribution is 2.26. The lowest BCUT2D eigenvalue weighted by molar-refractivity contribution is 0.0600. The Morgan fingerprint density at radius 2 is 2.10 bits per heavy atom. The van der Waals surface area contributed by atoms with Crippen LogP contribution in [0, 0.1) is 13.8 Å². The minimum atomic E-state index is -0.419. The van der Waals surface area contributed by atoms with Crippen LogP contribution in [0.1, 0.15) is 34.2 Å². The number of benzene rings is 1. The lowest BCUT2D eigenvalue weighted by Gasteiger charge is -2.12. The van der Waals surface area contributed by atoms with E-state index in [1.54, 1.807) is 22.9 Å². The number of methoxy groups -OCH3 is 1. The summed E-state index contributed by atoms with van der Waals surface area (Å²) in [4.78, 5) is 11.9. The van der Waals surface area contributed by atoms with Crippen LogP contribution in [-0.2, 0) is 11.2 Å². The first kappa shape index (κ1) is 14.1. The van der Waals surface area contributed by atoms with Gasteiger partial charge in [0.25, 0.3) is 0 Å². The average molecular weight is 273 g/mol. The summed E-state index contributed by atoms with van der Waals surface area (Å²) in [6.07, 6.45) is 0.887. The number of carbonyl (C=O) groups excluding carboxylic acids is 1. The summed E-state index contributed by atoms with van der Waals surface area (Å²) in [5.41, 5.74) is 10.7. The van der Waals surface area contributed by atoms with E-state index >= 15 is 0 Å². The number of hydrogen-bond acceptors (Lipinski definition) is 4. The average Bonchev–Trinajstić information content (AvgIpc) is 2.72. The second-order valence-corrected chi connectivity index (χ2v) is 4.65. The highest BCUT2D eigenvalue weighted by molar-refractivity contribution is 5.95. The maximum atomic E-state index is 11.9. The molecule has 106 valence electrons. The Kier molecular flexibility index (Phi) is 3.79. The standard InChI is InChI=1S/C15H19N3O2/c1-5-11-9(2)17-18(10(11)3)14-12(15(19)20-4)7-6-8-13(14)16/h6-8H,5,16H2,1-4H3. The first-order valence-electron chi connectivity index (χ1n) is 6.53. The SMILES string of the molecule is CCc1c(C)nn(-c2c(N)cccc2C(=O)OC)c1C. The van der Waals surface area contributed by atoms with Crippen molar-refractivity contribution in [3.63, 3.8) is 0 Å². The number of nitrogen functional groups attached to an aromatic ring is 1. The summed E-state index contributed by atoms with van der Waals surface area (Å²) in [5.74, 6) is -0.419. The molecule has 0 radical (unpaired) electrons. The van der Waals surface area contributed by atoms with Gasteiger partial charge in [-0.2, -0.15) is 5.10 Å². The van der Waals surface area contributed by atoms with Crippen molar-refractivity contribution in [2.24, 2.45) is 0 Å². The molecule has 0 aliphatic rings. The second kappa shape index (κ2) is 5.36. The molecule has 0 aliphatic carbocycles. The van der Waals surface area contributed by atoms with Gasteiger partial charge >= 0.3 is 5.97 Å². The van der Waals surface area contributed by atoms with Crippen molar-refractivity contribution in [3.05, 3.63) is 40.7 Å². The van der Waals surface area contributed by atoms with Gasteiger partial charge in [-0.15, -0.1) is 0 Å². The number of rotatable bonds is 3. The Bertz CT molecular complexity index is 659. The van der Waals surface area contributed by atoms with Crippen LogP contribution in [0.15, 0.2) is 18.2 Å². The van der Waals surface area contributed by atoms with Crippen LogP contribution in [0.2, 0.25) is 0 Å². The van der Waals surface area contributed by atoms with Gasteiger partial charge in [0.1, 0.15) is 5.69 Å². The van der Waals surface area contributed by atoms with Crippen molar-refractivity contribution in [2.75, 3.05) is 12.8 Å². The van der Waals surface area contributed by atoms with Crippen LogP contribution < -0.4 is 5.73 Å². The van der Waals surface area contributed by atoms with E-state index in [-0.39, 0.29) is 0 Å². The number of nitrogens with zero attached hydrogens (tertiary/aromatic N) is 2. The molecular formula is C15H19N3O2. The van der Waals surface area contributed by atoms with Gasteiger partial charge < -0.3 is 10.5 Å². The van der Waals surface area contributed by atoms with Crippen molar-refractivity contribution in [2.45, 2.75) is 27.2 Å². The predicted molar refractivity (Wildman–Crippen MR) is 78.2 cm³/mol. The van der Waals surface area contributed by atoms with Gasteiger partial charge in [-0.25, -0.2) is 9.48 Å². The topological polar surface area (TPSA) is 70.1 Å². The van der Waals surface area contributed by atoms with Crippen LogP contribution in [0.4, 0.5) is 5.69 Å². The Morgan fingerprint density at radius 3 is 2.65 bits per heavy atom. The predicted octanol–water partition coefficient (Wildman–Crippen LogP) is 2.42. The monoisotopic (exact) mass is 273 g/mol. The third kappa shape index (κ3) is 2.15. The fraction of sp³-hybridized carbons (Fsp3) is 0.333. The summed E-state index contributed by atoms with van der Waals surface area (Å²) in [7, 11) is 1.36. The van der Waals surface area contributed by atoms with Gasteiger partial charge in [0.05, 0.1) is 24.1 Å². The van der Waals surface area contributed by atoms with E-state index in [4.69, 9.17) is 10.5 Å². The largest absolute Gasteiger partial charge is 0.465 e. The molecule has 0 saturated carbocycles. The molecule has 1 heterocycles. The number of nitrogens with two attached hydrogens (primary N) is 1. The Morgan fingerprint density at radius 1 is 1.40 bits per heavy atom. The first-order valence-corrected chi connectivity index (χ1v) is 6.53. The molecule has 2 N–H and O–H groups in total. The molecule has 0 saturated heterocycles. The van der Waals surface area contributed by atoms with Gasteiger partial charge in [-0.1, -0.05) is 13.0 Å². The fourth-order valence-corrected chi connectivity index (χ4v) is 2.48. The smallest absolute Gasteiger partial charge is 0.340 e. The fourth-order valence-electron chi connectivity index (χ4n) is 2.48. The highest BCUT2D eigenvalue weighted by atomic mass is 16.5. The third-order valence-electron chi connectivity index (χ3n) is 3.48. The third-order valence-corrected chi connectivity index (χ3v) is 3.48. The molecule has 1 aromatic carbocycles. The summed E-state index contributed by atoms with van der Waals surface area (Å²) < 4.78 is 6.55. The molecule has 0 atom stereocenters. The van der Waals surface area contributed by atoms with E-state index in [1.165, 1.54) is 12.7 Å². The molecule has 0 bridgehead atoms. The van der Waals surface area contributed by atoms with Crippen molar-refractivity contribution < 1.29 is 9.53 Å². The molecule has 20 heavy (non-hydrogen) atoms. The molecule has 0 fully saturated rings. The zero-order chi connectivity index (χ0) is 14.9. The van der Waals surface area contributed by atoms with Crippen molar-refractivity contribution >= 4 is 11.7 Å². The number of hydrogen-bond donors (Lipinski definition) is 1. The number of carbonyl (C=O) groups is 1. The maximum absolute atomic E-state index is 11.9. The van der Waals surface area contributed by atoms with Gasteiger partial charge in [0, 0.05) is 5.69 Å². The van der Waals surface area contributed by atoms with E-state index in [1.807, 2.05) is 13.8 Å². The Balaban J connectivity index is 2.72. The minimum absolute atomic E-state index is 0.417.